The average molecular weight is 225 g/mol. The quantitative estimate of drug-likeness (QED) is 0.852. The summed E-state index contributed by atoms with van der Waals surface area (Å²) >= 11 is 1.98. The monoisotopic (exact) mass is 225 g/mol. The Morgan fingerprint density at radius 2 is 2.40 bits per heavy atom. The summed E-state index contributed by atoms with van der Waals surface area (Å²) in [5.74, 6) is 1.06. The Labute approximate surface area is 95.8 Å². The van der Waals surface area contributed by atoms with Gasteiger partial charge in [0, 0.05) is 16.2 Å². The van der Waals surface area contributed by atoms with E-state index in [1.54, 1.807) is 6.26 Å². The molecule has 3 heteroatoms. The predicted octanol–water partition coefficient (Wildman–Crippen LogP) is 3.21. The fourth-order valence-corrected chi connectivity index (χ4v) is 3.58. The first-order valence-electron chi connectivity index (χ1n) is 5.75. The van der Waals surface area contributed by atoms with Crippen LogP contribution in [0.15, 0.2) is 21.6 Å². The fraction of sp³-hybridized carbons (Fsp3) is 0.667. The van der Waals surface area contributed by atoms with Gasteiger partial charge in [0.25, 0.3) is 0 Å². The van der Waals surface area contributed by atoms with Crippen LogP contribution in [0.5, 0.6) is 0 Å². The molecule has 1 saturated carbocycles. The van der Waals surface area contributed by atoms with Crippen LogP contribution >= 0.6 is 11.8 Å². The molecular formula is C12H19NOS. The number of furan rings is 1. The lowest BCUT2D eigenvalue weighted by molar-refractivity contribution is 0.526. The Morgan fingerprint density at radius 3 is 3.07 bits per heavy atom. The highest BCUT2D eigenvalue weighted by molar-refractivity contribution is 8.00. The van der Waals surface area contributed by atoms with Gasteiger partial charge in [0.2, 0.25) is 0 Å². The van der Waals surface area contributed by atoms with Gasteiger partial charge in [0.1, 0.15) is 5.76 Å². The molecule has 0 radical (unpaired) electrons. The van der Waals surface area contributed by atoms with Crippen molar-refractivity contribution in [3.05, 3.63) is 18.1 Å². The van der Waals surface area contributed by atoms with Crippen LogP contribution in [-0.4, -0.2) is 17.8 Å². The van der Waals surface area contributed by atoms with E-state index >= 15 is 0 Å². The summed E-state index contributed by atoms with van der Waals surface area (Å²) in [6.45, 7) is 5.30. The molecule has 1 N–H and O–H groups in total. The molecule has 0 aromatic carbocycles. The van der Waals surface area contributed by atoms with E-state index in [1.807, 2.05) is 18.7 Å². The Hall–Kier alpha value is -0.410. The molecule has 0 aliphatic heterocycles. The summed E-state index contributed by atoms with van der Waals surface area (Å²) in [4.78, 5) is 1.31. The van der Waals surface area contributed by atoms with E-state index in [0.29, 0.717) is 6.04 Å². The first kappa shape index (κ1) is 11.1. The Bertz CT molecular complexity index is 310. The minimum absolute atomic E-state index is 0.689. The van der Waals surface area contributed by atoms with Crippen molar-refractivity contribution in [2.24, 2.45) is 0 Å². The maximum absolute atomic E-state index is 5.33. The predicted molar refractivity (Wildman–Crippen MR) is 64.4 cm³/mol. The number of rotatable bonds is 4. The molecule has 2 rings (SSSR count). The summed E-state index contributed by atoms with van der Waals surface area (Å²) in [5, 5.41) is 4.30. The summed E-state index contributed by atoms with van der Waals surface area (Å²) < 4.78 is 5.33. The molecule has 1 aromatic heterocycles. The maximum atomic E-state index is 5.33. The SMILES string of the molecule is CCNC1CCCC1Sc1ccoc1C. The normalized spacial score (nSPS) is 26.0. The molecule has 84 valence electrons. The van der Waals surface area contributed by atoms with Crippen LogP contribution < -0.4 is 5.32 Å². The molecule has 1 aliphatic carbocycles. The summed E-state index contributed by atoms with van der Waals surface area (Å²) in [6, 6.07) is 2.77. The maximum Gasteiger partial charge on any atom is 0.114 e. The first-order valence-corrected chi connectivity index (χ1v) is 6.63. The molecule has 1 fully saturated rings. The highest BCUT2D eigenvalue weighted by Gasteiger charge is 2.27. The van der Waals surface area contributed by atoms with E-state index in [0.717, 1.165) is 17.6 Å². The van der Waals surface area contributed by atoms with Crippen molar-refractivity contribution in [1.29, 1.82) is 0 Å². The van der Waals surface area contributed by atoms with Gasteiger partial charge in [0.05, 0.1) is 6.26 Å². The second kappa shape index (κ2) is 5.08. The highest BCUT2D eigenvalue weighted by Crippen LogP contribution is 2.36. The van der Waals surface area contributed by atoms with Crippen LogP contribution in [0.4, 0.5) is 0 Å². The number of thioether (sulfide) groups is 1. The Kier molecular flexibility index (Phi) is 3.76. The molecule has 1 heterocycles. The van der Waals surface area contributed by atoms with Crippen molar-refractivity contribution < 1.29 is 4.42 Å². The zero-order chi connectivity index (χ0) is 10.7. The van der Waals surface area contributed by atoms with Crippen molar-refractivity contribution in [2.45, 2.75) is 49.3 Å². The van der Waals surface area contributed by atoms with Gasteiger partial charge in [0.15, 0.2) is 0 Å². The average Bonchev–Trinajstić information content (AvgIpc) is 2.80. The minimum atomic E-state index is 0.689. The van der Waals surface area contributed by atoms with Crippen LogP contribution in [0.3, 0.4) is 0 Å². The van der Waals surface area contributed by atoms with Crippen molar-refractivity contribution in [2.75, 3.05) is 6.54 Å². The zero-order valence-electron chi connectivity index (χ0n) is 9.45. The van der Waals surface area contributed by atoms with E-state index in [1.165, 1.54) is 24.2 Å². The van der Waals surface area contributed by atoms with E-state index in [-0.39, 0.29) is 0 Å². The minimum Gasteiger partial charge on any atom is -0.468 e. The van der Waals surface area contributed by atoms with E-state index in [4.69, 9.17) is 4.42 Å². The zero-order valence-corrected chi connectivity index (χ0v) is 10.3. The lowest BCUT2D eigenvalue weighted by Gasteiger charge is -2.19. The Balaban J connectivity index is 1.96. The van der Waals surface area contributed by atoms with E-state index in [2.05, 4.69) is 18.3 Å². The van der Waals surface area contributed by atoms with Crippen molar-refractivity contribution >= 4 is 11.8 Å². The molecule has 0 spiro atoms. The lowest BCUT2D eigenvalue weighted by atomic mass is 10.2. The first-order chi connectivity index (χ1) is 7.31. The van der Waals surface area contributed by atoms with Gasteiger partial charge < -0.3 is 9.73 Å². The van der Waals surface area contributed by atoms with E-state index < -0.39 is 0 Å². The topological polar surface area (TPSA) is 25.2 Å². The third-order valence-corrected chi connectivity index (χ3v) is 4.55. The van der Waals surface area contributed by atoms with Gasteiger partial charge in [-0.1, -0.05) is 13.3 Å². The van der Waals surface area contributed by atoms with Crippen LogP contribution in [0.2, 0.25) is 0 Å². The van der Waals surface area contributed by atoms with Crippen molar-refractivity contribution in [3.63, 3.8) is 0 Å². The molecule has 1 aromatic rings. The molecule has 2 nitrogen and oxygen atoms in total. The molecular weight excluding hydrogens is 206 g/mol. The van der Waals surface area contributed by atoms with Crippen LogP contribution in [0, 0.1) is 6.92 Å². The lowest BCUT2D eigenvalue weighted by Crippen LogP contribution is -2.33. The van der Waals surface area contributed by atoms with Gasteiger partial charge in [-0.25, -0.2) is 0 Å². The standard InChI is InChI=1S/C12H19NOS/c1-3-13-10-5-4-6-12(10)15-11-7-8-14-9(11)2/h7-8,10,12-13H,3-6H2,1-2H3. The van der Waals surface area contributed by atoms with Crippen molar-refractivity contribution in [1.82, 2.24) is 5.32 Å². The molecule has 15 heavy (non-hydrogen) atoms. The molecule has 2 atom stereocenters. The van der Waals surface area contributed by atoms with E-state index in [9.17, 15) is 0 Å². The highest BCUT2D eigenvalue weighted by atomic mass is 32.2. The largest absolute Gasteiger partial charge is 0.468 e. The number of aryl methyl sites for hydroxylation is 1. The molecule has 2 unspecified atom stereocenters. The smallest absolute Gasteiger partial charge is 0.114 e. The molecule has 0 amide bonds. The number of hydrogen-bond donors (Lipinski definition) is 1. The second-order valence-corrected chi connectivity index (χ2v) is 5.37. The van der Waals surface area contributed by atoms with Gasteiger partial charge in [-0.3, -0.25) is 0 Å². The molecule has 1 aliphatic rings. The van der Waals surface area contributed by atoms with Gasteiger partial charge >= 0.3 is 0 Å². The molecule has 0 bridgehead atoms. The Morgan fingerprint density at radius 1 is 1.53 bits per heavy atom. The third-order valence-electron chi connectivity index (χ3n) is 3.01. The van der Waals surface area contributed by atoms with Gasteiger partial charge in [-0.2, -0.15) is 0 Å². The second-order valence-electron chi connectivity index (χ2n) is 4.09. The van der Waals surface area contributed by atoms with Crippen LogP contribution in [-0.2, 0) is 0 Å². The fourth-order valence-electron chi connectivity index (χ4n) is 2.22. The number of hydrogen-bond acceptors (Lipinski definition) is 3. The van der Waals surface area contributed by atoms with Crippen LogP contribution in [0.25, 0.3) is 0 Å². The molecule has 0 saturated heterocycles. The van der Waals surface area contributed by atoms with Crippen LogP contribution in [0.1, 0.15) is 31.9 Å². The van der Waals surface area contributed by atoms with Gasteiger partial charge in [-0.05, 0) is 32.4 Å². The van der Waals surface area contributed by atoms with Crippen molar-refractivity contribution in [3.8, 4) is 0 Å². The summed E-state index contributed by atoms with van der Waals surface area (Å²) in [6.07, 6.45) is 5.79. The van der Waals surface area contributed by atoms with Gasteiger partial charge in [-0.15, -0.1) is 11.8 Å². The summed E-state index contributed by atoms with van der Waals surface area (Å²) in [5.41, 5.74) is 0. The number of nitrogens with one attached hydrogen (secondary N) is 1. The summed E-state index contributed by atoms with van der Waals surface area (Å²) in [7, 11) is 0. The third kappa shape index (κ3) is 2.58.